The van der Waals surface area contributed by atoms with Gasteiger partial charge in [0.15, 0.2) is 11.4 Å². The molecule has 0 aliphatic rings. The van der Waals surface area contributed by atoms with Gasteiger partial charge in [0.1, 0.15) is 22.9 Å². The van der Waals surface area contributed by atoms with Crippen LogP contribution in [0.4, 0.5) is 4.39 Å². The van der Waals surface area contributed by atoms with E-state index in [1.54, 1.807) is 23.0 Å². The third-order valence-corrected chi connectivity index (χ3v) is 5.45. The molecule has 0 spiro atoms. The minimum absolute atomic E-state index is 0.0560. The standard InChI is InChI=1S/C26H20FN5O3/c1-16-3-6-22(32-10-2-8-30-32)18(11-16)13-19(33)12-17-4-5-20(14-21(17)27)35-23-7-9-28-26-25(23)29-15-24(34)31-26/h2-11,14-15H,12-13H2,1H3,(H,28,31,34). The zero-order valence-electron chi connectivity index (χ0n) is 18.7. The highest BCUT2D eigenvalue weighted by Gasteiger charge is 2.15. The van der Waals surface area contributed by atoms with Crippen molar-refractivity contribution in [2.75, 3.05) is 0 Å². The molecule has 3 heterocycles. The number of pyridine rings is 1. The number of ether oxygens (including phenoxy) is 1. The summed E-state index contributed by atoms with van der Waals surface area (Å²) in [6.45, 7) is 1.96. The Morgan fingerprint density at radius 1 is 1.06 bits per heavy atom. The molecule has 2 aromatic carbocycles. The van der Waals surface area contributed by atoms with E-state index in [-0.39, 0.29) is 41.1 Å². The van der Waals surface area contributed by atoms with Crippen LogP contribution >= 0.6 is 0 Å². The van der Waals surface area contributed by atoms with Crippen molar-refractivity contribution >= 4 is 16.9 Å². The maximum Gasteiger partial charge on any atom is 0.268 e. The van der Waals surface area contributed by atoms with E-state index in [0.29, 0.717) is 11.3 Å². The summed E-state index contributed by atoms with van der Waals surface area (Å²) in [7, 11) is 0. The second-order valence-corrected chi connectivity index (χ2v) is 8.08. The lowest BCUT2D eigenvalue weighted by atomic mass is 9.99. The summed E-state index contributed by atoms with van der Waals surface area (Å²) in [6.07, 6.45) is 6.17. The third kappa shape index (κ3) is 4.84. The summed E-state index contributed by atoms with van der Waals surface area (Å²) < 4.78 is 22.4. The number of carbonyl (C=O) groups is 1. The molecular formula is C26H20FN5O3. The number of rotatable bonds is 7. The molecule has 174 valence electrons. The van der Waals surface area contributed by atoms with Crippen molar-refractivity contribution in [2.45, 2.75) is 19.8 Å². The van der Waals surface area contributed by atoms with Gasteiger partial charge in [0.2, 0.25) is 0 Å². The predicted molar refractivity (Wildman–Crippen MR) is 127 cm³/mol. The van der Waals surface area contributed by atoms with Gasteiger partial charge in [0.05, 0.1) is 11.9 Å². The van der Waals surface area contributed by atoms with E-state index in [1.807, 2.05) is 37.4 Å². The van der Waals surface area contributed by atoms with Crippen molar-refractivity contribution < 1.29 is 13.9 Å². The molecule has 0 saturated carbocycles. The first-order valence-electron chi connectivity index (χ1n) is 10.9. The molecule has 5 aromatic rings. The molecular weight excluding hydrogens is 449 g/mol. The molecule has 8 nitrogen and oxygen atoms in total. The van der Waals surface area contributed by atoms with Gasteiger partial charge >= 0.3 is 0 Å². The number of H-pyrrole nitrogens is 1. The highest BCUT2D eigenvalue weighted by atomic mass is 19.1. The fourth-order valence-corrected chi connectivity index (χ4v) is 3.85. The number of carbonyl (C=O) groups excluding carboxylic acids is 1. The van der Waals surface area contributed by atoms with E-state index in [1.165, 1.54) is 18.3 Å². The van der Waals surface area contributed by atoms with E-state index in [2.05, 4.69) is 20.1 Å². The second kappa shape index (κ2) is 9.30. The maximum absolute atomic E-state index is 14.9. The Morgan fingerprint density at radius 2 is 1.91 bits per heavy atom. The zero-order chi connectivity index (χ0) is 24.4. The number of aromatic amines is 1. The van der Waals surface area contributed by atoms with Crippen LogP contribution in [0.5, 0.6) is 11.5 Å². The van der Waals surface area contributed by atoms with Gasteiger partial charge in [0, 0.05) is 43.6 Å². The van der Waals surface area contributed by atoms with Crippen LogP contribution in [-0.4, -0.2) is 30.5 Å². The lowest BCUT2D eigenvalue weighted by molar-refractivity contribution is -0.117. The fraction of sp³-hybridized carbons (Fsp3) is 0.115. The average Bonchev–Trinajstić information content (AvgIpc) is 3.36. The minimum Gasteiger partial charge on any atom is -0.455 e. The topological polar surface area (TPSA) is 103 Å². The van der Waals surface area contributed by atoms with Gasteiger partial charge < -0.3 is 9.72 Å². The molecule has 3 aromatic heterocycles. The van der Waals surface area contributed by atoms with Crippen LogP contribution in [0, 0.1) is 12.7 Å². The highest BCUT2D eigenvalue weighted by molar-refractivity contribution is 5.84. The molecule has 0 unspecified atom stereocenters. The molecule has 0 radical (unpaired) electrons. The van der Waals surface area contributed by atoms with Crippen LogP contribution in [0.3, 0.4) is 0 Å². The molecule has 0 saturated heterocycles. The summed E-state index contributed by atoms with van der Waals surface area (Å²) in [5.41, 5.74) is 3.17. The Labute approximate surface area is 199 Å². The number of fused-ring (bicyclic) bond motifs is 1. The Balaban J connectivity index is 1.33. The molecule has 0 fully saturated rings. The van der Waals surface area contributed by atoms with Gasteiger partial charge in [-0.25, -0.2) is 19.0 Å². The minimum atomic E-state index is -0.549. The number of Topliss-reactive ketones (excluding diaryl/α,β-unsaturated/α-hetero) is 1. The number of nitrogens with zero attached hydrogens (tertiary/aromatic N) is 4. The van der Waals surface area contributed by atoms with Crippen molar-refractivity contribution in [1.29, 1.82) is 0 Å². The van der Waals surface area contributed by atoms with Gasteiger partial charge in [0.25, 0.3) is 5.56 Å². The van der Waals surface area contributed by atoms with Crippen LogP contribution in [0.25, 0.3) is 16.9 Å². The van der Waals surface area contributed by atoms with Crippen molar-refractivity contribution in [3.8, 4) is 17.2 Å². The molecule has 0 amide bonds. The SMILES string of the molecule is Cc1ccc(-n2cccn2)c(CC(=O)Cc2ccc(Oc3ccnc4[nH]c(=O)cnc34)cc2F)c1. The Kier molecular flexibility index (Phi) is 5.88. The number of nitrogens with one attached hydrogen (secondary N) is 1. The molecule has 9 heteroatoms. The van der Waals surface area contributed by atoms with Crippen LogP contribution < -0.4 is 10.3 Å². The Hall–Kier alpha value is -4.66. The van der Waals surface area contributed by atoms with E-state index < -0.39 is 5.82 Å². The Morgan fingerprint density at radius 3 is 2.71 bits per heavy atom. The molecule has 0 aliphatic heterocycles. The first-order valence-corrected chi connectivity index (χ1v) is 10.9. The van der Waals surface area contributed by atoms with Gasteiger partial charge in [-0.3, -0.25) is 9.59 Å². The predicted octanol–water partition coefficient (Wildman–Crippen LogP) is 4.10. The number of benzene rings is 2. The number of aryl methyl sites for hydroxylation is 1. The largest absolute Gasteiger partial charge is 0.455 e. The lowest BCUT2D eigenvalue weighted by Gasteiger charge is -2.11. The fourth-order valence-electron chi connectivity index (χ4n) is 3.85. The van der Waals surface area contributed by atoms with Gasteiger partial charge in [-0.05, 0) is 36.2 Å². The number of hydrogen-bond acceptors (Lipinski definition) is 6. The van der Waals surface area contributed by atoms with Crippen molar-refractivity contribution in [3.05, 3.63) is 106 Å². The number of ketones is 1. The number of halogens is 1. The quantitative estimate of drug-likeness (QED) is 0.385. The summed E-state index contributed by atoms with van der Waals surface area (Å²) in [6, 6.07) is 13.6. The smallest absolute Gasteiger partial charge is 0.268 e. The molecule has 35 heavy (non-hydrogen) atoms. The van der Waals surface area contributed by atoms with Crippen molar-refractivity contribution in [3.63, 3.8) is 0 Å². The van der Waals surface area contributed by atoms with Crippen molar-refractivity contribution in [1.82, 2.24) is 24.7 Å². The highest BCUT2D eigenvalue weighted by Crippen LogP contribution is 2.27. The summed E-state index contributed by atoms with van der Waals surface area (Å²) in [4.78, 5) is 35.0. The molecule has 1 N–H and O–H groups in total. The lowest BCUT2D eigenvalue weighted by Crippen LogP contribution is -2.11. The number of hydrogen-bond donors (Lipinski definition) is 1. The molecule has 0 bridgehead atoms. The first-order chi connectivity index (χ1) is 17.0. The van der Waals surface area contributed by atoms with E-state index >= 15 is 0 Å². The normalized spacial score (nSPS) is 11.0. The van der Waals surface area contributed by atoms with Crippen LogP contribution in [0.2, 0.25) is 0 Å². The summed E-state index contributed by atoms with van der Waals surface area (Å²) >= 11 is 0. The monoisotopic (exact) mass is 469 g/mol. The maximum atomic E-state index is 14.9. The average molecular weight is 469 g/mol. The van der Waals surface area contributed by atoms with Crippen LogP contribution in [0.1, 0.15) is 16.7 Å². The number of aromatic nitrogens is 5. The van der Waals surface area contributed by atoms with Gasteiger partial charge in [-0.1, -0.05) is 23.8 Å². The Bertz CT molecular complexity index is 1590. The summed E-state index contributed by atoms with van der Waals surface area (Å²) in [5.74, 6) is -0.115. The molecule has 5 rings (SSSR count). The van der Waals surface area contributed by atoms with E-state index in [4.69, 9.17) is 4.74 Å². The van der Waals surface area contributed by atoms with E-state index in [0.717, 1.165) is 23.0 Å². The molecule has 0 aliphatic carbocycles. The van der Waals surface area contributed by atoms with Gasteiger partial charge in [-0.2, -0.15) is 5.10 Å². The van der Waals surface area contributed by atoms with Crippen LogP contribution in [0.15, 0.2) is 78.1 Å². The van der Waals surface area contributed by atoms with Crippen molar-refractivity contribution in [2.24, 2.45) is 0 Å². The third-order valence-electron chi connectivity index (χ3n) is 5.45. The zero-order valence-corrected chi connectivity index (χ0v) is 18.7. The first kappa shape index (κ1) is 22.1. The van der Waals surface area contributed by atoms with E-state index in [9.17, 15) is 14.0 Å². The second-order valence-electron chi connectivity index (χ2n) is 8.08. The van der Waals surface area contributed by atoms with Crippen LogP contribution in [-0.2, 0) is 17.6 Å². The molecule has 0 atom stereocenters. The van der Waals surface area contributed by atoms with Gasteiger partial charge in [-0.15, -0.1) is 0 Å². The summed E-state index contributed by atoms with van der Waals surface area (Å²) in [5, 5.41) is 4.26.